The van der Waals surface area contributed by atoms with Crippen molar-refractivity contribution in [2.45, 2.75) is 0 Å². The largest absolute Gasteiger partial charge is 0.497 e. The van der Waals surface area contributed by atoms with Gasteiger partial charge in [0.15, 0.2) is 12.4 Å². The fourth-order valence-electron chi connectivity index (χ4n) is 2.17. The maximum absolute atomic E-state index is 11.8. The molecule has 0 aliphatic rings. The molecule has 0 atom stereocenters. The molecule has 27 heavy (non-hydrogen) atoms. The number of hydrogen-bond acceptors (Lipinski definition) is 7. The van der Waals surface area contributed by atoms with E-state index in [0.29, 0.717) is 29.6 Å². The quantitative estimate of drug-likeness (QED) is 0.578. The van der Waals surface area contributed by atoms with E-state index in [1.165, 1.54) is 0 Å². The van der Waals surface area contributed by atoms with Gasteiger partial charge in [-0.2, -0.15) is 0 Å². The molecule has 1 N–H and O–H groups in total. The molecule has 0 bridgehead atoms. The van der Waals surface area contributed by atoms with Gasteiger partial charge < -0.3 is 23.9 Å². The van der Waals surface area contributed by atoms with Crippen LogP contribution in [0, 0.1) is 0 Å². The standard InChI is InChI=1S/C19H19N3O5/c1-24-14-4-6-15(7-5-14)27-13-18(23)20-10-12-26-19-9-8-16(21-22-19)17-3-2-11-25-17/h2-9,11H,10,12-13H2,1H3,(H,20,23). The van der Waals surface area contributed by atoms with Crippen molar-refractivity contribution in [3.63, 3.8) is 0 Å². The Morgan fingerprint density at radius 1 is 1.04 bits per heavy atom. The molecule has 1 aromatic carbocycles. The smallest absolute Gasteiger partial charge is 0.258 e. The highest BCUT2D eigenvalue weighted by molar-refractivity contribution is 5.77. The van der Waals surface area contributed by atoms with Gasteiger partial charge in [-0.05, 0) is 42.5 Å². The Hall–Kier alpha value is -3.55. The van der Waals surface area contributed by atoms with E-state index >= 15 is 0 Å². The van der Waals surface area contributed by atoms with Crippen LogP contribution < -0.4 is 19.5 Å². The van der Waals surface area contributed by atoms with Crippen LogP contribution in [0.5, 0.6) is 17.4 Å². The Morgan fingerprint density at radius 3 is 2.52 bits per heavy atom. The first kappa shape index (κ1) is 18.2. The maximum Gasteiger partial charge on any atom is 0.258 e. The van der Waals surface area contributed by atoms with E-state index in [1.807, 2.05) is 0 Å². The lowest BCUT2D eigenvalue weighted by molar-refractivity contribution is -0.123. The predicted octanol–water partition coefficient (Wildman–Crippen LogP) is 2.32. The first-order chi connectivity index (χ1) is 13.2. The lowest BCUT2D eigenvalue weighted by Crippen LogP contribution is -2.32. The van der Waals surface area contributed by atoms with Gasteiger partial charge in [-0.3, -0.25) is 4.79 Å². The van der Waals surface area contributed by atoms with Gasteiger partial charge >= 0.3 is 0 Å². The fourth-order valence-corrected chi connectivity index (χ4v) is 2.17. The zero-order valence-electron chi connectivity index (χ0n) is 14.8. The third-order valence-electron chi connectivity index (χ3n) is 3.52. The monoisotopic (exact) mass is 369 g/mol. The Bertz CT molecular complexity index is 833. The number of nitrogens with zero attached hydrogens (tertiary/aromatic N) is 2. The number of rotatable bonds is 9. The van der Waals surface area contributed by atoms with E-state index in [-0.39, 0.29) is 19.1 Å². The Kier molecular flexibility index (Phi) is 6.24. The molecule has 8 heteroatoms. The number of ether oxygens (including phenoxy) is 3. The van der Waals surface area contributed by atoms with Crippen LogP contribution in [0.3, 0.4) is 0 Å². The summed E-state index contributed by atoms with van der Waals surface area (Å²) >= 11 is 0. The summed E-state index contributed by atoms with van der Waals surface area (Å²) < 4.78 is 21.1. The number of carbonyl (C=O) groups excluding carboxylic acids is 1. The minimum atomic E-state index is -0.242. The van der Waals surface area contributed by atoms with Crippen LogP contribution in [-0.4, -0.2) is 43.0 Å². The van der Waals surface area contributed by atoms with E-state index in [4.69, 9.17) is 18.6 Å². The average Bonchev–Trinajstić information content (AvgIpc) is 3.25. The van der Waals surface area contributed by atoms with Gasteiger partial charge in [-0.25, -0.2) is 0 Å². The van der Waals surface area contributed by atoms with Crippen molar-refractivity contribution >= 4 is 5.91 Å². The second-order valence-corrected chi connectivity index (χ2v) is 5.40. The molecule has 140 valence electrons. The molecule has 0 unspecified atom stereocenters. The summed E-state index contributed by atoms with van der Waals surface area (Å²) in [6.45, 7) is 0.513. The normalized spacial score (nSPS) is 10.3. The lowest BCUT2D eigenvalue weighted by Gasteiger charge is -2.09. The second-order valence-electron chi connectivity index (χ2n) is 5.40. The van der Waals surface area contributed by atoms with E-state index in [0.717, 1.165) is 5.75 Å². The van der Waals surface area contributed by atoms with Crippen molar-refractivity contribution < 1.29 is 23.4 Å². The highest BCUT2D eigenvalue weighted by Crippen LogP contribution is 2.18. The van der Waals surface area contributed by atoms with Gasteiger partial charge in [0.25, 0.3) is 5.91 Å². The number of hydrogen-bond donors (Lipinski definition) is 1. The van der Waals surface area contributed by atoms with Gasteiger partial charge in [-0.15, -0.1) is 10.2 Å². The van der Waals surface area contributed by atoms with Crippen LogP contribution in [0.2, 0.25) is 0 Å². The Morgan fingerprint density at radius 2 is 1.85 bits per heavy atom. The number of benzene rings is 1. The second kappa shape index (κ2) is 9.23. The van der Waals surface area contributed by atoms with E-state index in [2.05, 4.69) is 15.5 Å². The zero-order chi connectivity index (χ0) is 18.9. The van der Waals surface area contributed by atoms with Crippen molar-refractivity contribution in [3.8, 4) is 28.8 Å². The molecule has 1 amide bonds. The van der Waals surface area contributed by atoms with Crippen molar-refractivity contribution in [2.75, 3.05) is 26.9 Å². The van der Waals surface area contributed by atoms with Crippen molar-refractivity contribution in [1.29, 1.82) is 0 Å². The average molecular weight is 369 g/mol. The summed E-state index contributed by atoms with van der Waals surface area (Å²) in [7, 11) is 1.59. The van der Waals surface area contributed by atoms with Gasteiger partial charge in [0.05, 0.1) is 19.9 Å². The fraction of sp³-hybridized carbons (Fsp3) is 0.211. The van der Waals surface area contributed by atoms with Crippen LogP contribution in [-0.2, 0) is 4.79 Å². The summed E-state index contributed by atoms with van der Waals surface area (Å²) in [6, 6.07) is 14.0. The Balaban J connectivity index is 1.34. The van der Waals surface area contributed by atoms with Gasteiger partial charge in [0.1, 0.15) is 23.8 Å². The van der Waals surface area contributed by atoms with E-state index < -0.39 is 0 Å². The molecule has 0 fully saturated rings. The van der Waals surface area contributed by atoms with Gasteiger partial charge in [0.2, 0.25) is 5.88 Å². The highest BCUT2D eigenvalue weighted by atomic mass is 16.5. The number of aromatic nitrogens is 2. The summed E-state index contributed by atoms with van der Waals surface area (Å²) in [4.78, 5) is 11.8. The van der Waals surface area contributed by atoms with Crippen LogP contribution in [0.25, 0.3) is 11.5 Å². The first-order valence-corrected chi connectivity index (χ1v) is 8.28. The lowest BCUT2D eigenvalue weighted by atomic mass is 10.3. The summed E-state index contributed by atoms with van der Waals surface area (Å²) in [6.07, 6.45) is 1.57. The van der Waals surface area contributed by atoms with Crippen molar-refractivity contribution in [3.05, 3.63) is 54.8 Å². The molecule has 0 spiro atoms. The van der Waals surface area contributed by atoms with Crippen molar-refractivity contribution in [1.82, 2.24) is 15.5 Å². The minimum Gasteiger partial charge on any atom is -0.497 e. The number of carbonyl (C=O) groups is 1. The van der Waals surface area contributed by atoms with Crippen LogP contribution >= 0.6 is 0 Å². The molecule has 3 aromatic rings. The van der Waals surface area contributed by atoms with Gasteiger partial charge in [-0.1, -0.05) is 0 Å². The van der Waals surface area contributed by atoms with E-state index in [1.54, 1.807) is 61.9 Å². The van der Waals surface area contributed by atoms with Crippen LogP contribution in [0.1, 0.15) is 0 Å². The summed E-state index contributed by atoms with van der Waals surface area (Å²) in [5.74, 6) is 2.08. The van der Waals surface area contributed by atoms with Crippen LogP contribution in [0.15, 0.2) is 59.2 Å². The molecular formula is C19H19N3O5. The highest BCUT2D eigenvalue weighted by Gasteiger charge is 2.05. The molecular weight excluding hydrogens is 350 g/mol. The molecule has 0 aliphatic heterocycles. The summed E-state index contributed by atoms with van der Waals surface area (Å²) in [5, 5.41) is 10.7. The third kappa shape index (κ3) is 5.46. The third-order valence-corrected chi connectivity index (χ3v) is 3.52. The number of methoxy groups -OCH3 is 1. The molecule has 0 saturated heterocycles. The minimum absolute atomic E-state index is 0.0794. The molecule has 8 nitrogen and oxygen atoms in total. The summed E-state index contributed by atoms with van der Waals surface area (Å²) in [5.41, 5.74) is 0.622. The molecule has 0 radical (unpaired) electrons. The topological polar surface area (TPSA) is 95.7 Å². The number of amides is 1. The molecule has 3 rings (SSSR count). The van der Waals surface area contributed by atoms with E-state index in [9.17, 15) is 4.79 Å². The zero-order valence-corrected chi connectivity index (χ0v) is 14.8. The SMILES string of the molecule is COc1ccc(OCC(=O)NCCOc2ccc(-c3ccco3)nn2)cc1. The maximum atomic E-state index is 11.8. The predicted molar refractivity (Wildman–Crippen MR) is 96.7 cm³/mol. The van der Waals surface area contributed by atoms with Crippen molar-refractivity contribution in [2.24, 2.45) is 0 Å². The molecule has 0 saturated carbocycles. The number of furan rings is 1. The molecule has 2 heterocycles. The Labute approximate surface area is 156 Å². The van der Waals surface area contributed by atoms with Gasteiger partial charge in [0, 0.05) is 6.07 Å². The molecule has 2 aromatic heterocycles. The first-order valence-electron chi connectivity index (χ1n) is 8.28. The number of nitrogens with one attached hydrogen (secondary N) is 1. The molecule has 0 aliphatic carbocycles. The van der Waals surface area contributed by atoms with Crippen LogP contribution in [0.4, 0.5) is 0 Å².